The summed E-state index contributed by atoms with van der Waals surface area (Å²) in [5.41, 5.74) is 5.07. The molecule has 2 rings (SSSR count). The second-order valence-electron chi connectivity index (χ2n) is 4.08. The lowest BCUT2D eigenvalue weighted by Gasteiger charge is -2.09. The van der Waals surface area contributed by atoms with Crippen molar-refractivity contribution in [2.24, 2.45) is 7.05 Å². The minimum absolute atomic E-state index is 0.0144. The maximum absolute atomic E-state index is 13.2. The van der Waals surface area contributed by atoms with E-state index in [-0.39, 0.29) is 22.2 Å². The van der Waals surface area contributed by atoms with E-state index < -0.39 is 15.8 Å². The zero-order chi connectivity index (χ0) is 14.9. The fraction of sp³-hybridized carbons (Fsp3) is 0.182. The number of imidazole rings is 1. The van der Waals surface area contributed by atoms with E-state index in [0.717, 1.165) is 12.1 Å². The Morgan fingerprint density at radius 1 is 1.50 bits per heavy atom. The zero-order valence-corrected chi connectivity index (χ0v) is 12.0. The Labute approximate surface area is 120 Å². The van der Waals surface area contributed by atoms with Crippen LogP contribution in [0.15, 0.2) is 29.4 Å². The number of aryl methyl sites for hydroxylation is 1. The maximum Gasteiger partial charge on any atom is 0.242 e. The van der Waals surface area contributed by atoms with Crippen LogP contribution >= 0.6 is 11.6 Å². The summed E-state index contributed by atoms with van der Waals surface area (Å²) >= 11 is 5.74. The predicted octanol–water partition coefficient (Wildman–Crippen LogP) is 1.27. The van der Waals surface area contributed by atoms with E-state index >= 15 is 0 Å². The Bertz CT molecular complexity index is 745. The van der Waals surface area contributed by atoms with Crippen LogP contribution in [-0.4, -0.2) is 18.0 Å². The predicted molar refractivity (Wildman–Crippen MR) is 73.1 cm³/mol. The number of benzene rings is 1. The van der Waals surface area contributed by atoms with Gasteiger partial charge < -0.3 is 10.3 Å². The van der Waals surface area contributed by atoms with Crippen molar-refractivity contribution in [1.29, 1.82) is 0 Å². The van der Waals surface area contributed by atoms with Gasteiger partial charge in [-0.25, -0.2) is 22.5 Å². The Morgan fingerprint density at radius 2 is 2.20 bits per heavy atom. The van der Waals surface area contributed by atoms with E-state index in [4.69, 9.17) is 17.3 Å². The standard InChI is InChI=1S/C11H12ClFN4O2S/c1-17-3-2-15-11(17)6-16-20(18,19)10-5-9(14)8(13)4-7(10)12/h2-5,16H,6,14H2,1H3. The molecule has 0 aliphatic carbocycles. The molecule has 0 saturated carbocycles. The van der Waals surface area contributed by atoms with Gasteiger partial charge in [0, 0.05) is 19.4 Å². The molecule has 0 radical (unpaired) electrons. The molecule has 1 aromatic carbocycles. The lowest BCUT2D eigenvalue weighted by molar-refractivity contribution is 0.577. The molecular formula is C11H12ClFN4O2S. The summed E-state index contributed by atoms with van der Waals surface area (Å²) in [6.45, 7) is -0.0144. The molecule has 20 heavy (non-hydrogen) atoms. The van der Waals surface area contributed by atoms with Crippen molar-refractivity contribution in [3.63, 3.8) is 0 Å². The van der Waals surface area contributed by atoms with Crippen LogP contribution in [0.3, 0.4) is 0 Å². The van der Waals surface area contributed by atoms with E-state index in [1.54, 1.807) is 24.0 Å². The summed E-state index contributed by atoms with van der Waals surface area (Å²) in [4.78, 5) is 3.71. The van der Waals surface area contributed by atoms with Gasteiger partial charge in [-0.3, -0.25) is 0 Å². The summed E-state index contributed by atoms with van der Waals surface area (Å²) in [5.74, 6) is -0.238. The van der Waals surface area contributed by atoms with E-state index in [2.05, 4.69) is 9.71 Å². The Kier molecular flexibility index (Phi) is 3.98. The van der Waals surface area contributed by atoms with Gasteiger partial charge in [0.05, 0.1) is 17.3 Å². The van der Waals surface area contributed by atoms with Crippen molar-refractivity contribution in [3.05, 3.63) is 41.2 Å². The third kappa shape index (κ3) is 2.92. The van der Waals surface area contributed by atoms with Crippen molar-refractivity contribution in [2.75, 3.05) is 5.73 Å². The van der Waals surface area contributed by atoms with Crippen LogP contribution in [0.25, 0.3) is 0 Å². The lowest BCUT2D eigenvalue weighted by Crippen LogP contribution is -2.25. The molecule has 1 heterocycles. The van der Waals surface area contributed by atoms with Crippen molar-refractivity contribution in [3.8, 4) is 0 Å². The number of sulfonamides is 1. The third-order valence-electron chi connectivity index (χ3n) is 2.68. The maximum atomic E-state index is 13.2. The SMILES string of the molecule is Cn1ccnc1CNS(=O)(=O)c1cc(N)c(F)cc1Cl. The molecule has 6 nitrogen and oxygen atoms in total. The van der Waals surface area contributed by atoms with Gasteiger partial charge in [-0.05, 0) is 12.1 Å². The highest BCUT2D eigenvalue weighted by atomic mass is 35.5. The van der Waals surface area contributed by atoms with Crippen molar-refractivity contribution >= 4 is 27.3 Å². The molecule has 2 aromatic rings. The normalized spacial score (nSPS) is 11.8. The summed E-state index contributed by atoms with van der Waals surface area (Å²) in [6.07, 6.45) is 3.24. The van der Waals surface area contributed by atoms with Crippen LogP contribution in [0.5, 0.6) is 0 Å². The number of nitrogens with zero attached hydrogens (tertiary/aromatic N) is 2. The molecule has 9 heteroatoms. The number of halogens is 2. The van der Waals surface area contributed by atoms with E-state index in [1.807, 2.05) is 0 Å². The van der Waals surface area contributed by atoms with E-state index in [0.29, 0.717) is 5.82 Å². The number of nitrogen functional groups attached to an aromatic ring is 1. The van der Waals surface area contributed by atoms with Crippen molar-refractivity contribution in [1.82, 2.24) is 14.3 Å². The van der Waals surface area contributed by atoms with Gasteiger partial charge >= 0.3 is 0 Å². The molecule has 108 valence electrons. The second-order valence-corrected chi connectivity index (χ2v) is 6.23. The molecule has 1 aromatic heterocycles. The van der Waals surface area contributed by atoms with Crippen LogP contribution in [0, 0.1) is 5.82 Å². The smallest absolute Gasteiger partial charge is 0.242 e. The molecule has 0 bridgehead atoms. The molecule has 0 unspecified atom stereocenters. The minimum Gasteiger partial charge on any atom is -0.396 e. The van der Waals surface area contributed by atoms with Gasteiger partial charge in [0.1, 0.15) is 16.5 Å². The number of hydrogen-bond donors (Lipinski definition) is 2. The highest BCUT2D eigenvalue weighted by molar-refractivity contribution is 7.89. The van der Waals surface area contributed by atoms with Crippen molar-refractivity contribution in [2.45, 2.75) is 11.4 Å². The number of rotatable bonds is 4. The molecule has 0 aliphatic rings. The number of nitrogens with one attached hydrogen (secondary N) is 1. The van der Waals surface area contributed by atoms with Gasteiger partial charge in [-0.1, -0.05) is 11.6 Å². The van der Waals surface area contributed by atoms with Crippen LogP contribution < -0.4 is 10.5 Å². The molecular weight excluding hydrogens is 307 g/mol. The molecule has 3 N–H and O–H groups in total. The van der Waals surface area contributed by atoms with Crippen LogP contribution in [0.1, 0.15) is 5.82 Å². The highest BCUT2D eigenvalue weighted by Crippen LogP contribution is 2.26. The Morgan fingerprint density at radius 3 is 2.80 bits per heavy atom. The lowest BCUT2D eigenvalue weighted by atomic mass is 10.3. The number of hydrogen-bond acceptors (Lipinski definition) is 4. The average molecular weight is 319 g/mol. The molecule has 0 spiro atoms. The van der Waals surface area contributed by atoms with Crippen molar-refractivity contribution < 1.29 is 12.8 Å². The van der Waals surface area contributed by atoms with Crippen LogP contribution in [0.4, 0.5) is 10.1 Å². The molecule has 0 atom stereocenters. The summed E-state index contributed by atoms with van der Waals surface area (Å²) in [7, 11) is -2.17. The first-order chi connectivity index (χ1) is 9.31. The van der Waals surface area contributed by atoms with Gasteiger partial charge in [0.15, 0.2) is 0 Å². The third-order valence-corrected chi connectivity index (χ3v) is 4.55. The first-order valence-electron chi connectivity index (χ1n) is 5.51. The quantitative estimate of drug-likeness (QED) is 0.831. The largest absolute Gasteiger partial charge is 0.396 e. The fourth-order valence-electron chi connectivity index (χ4n) is 1.55. The van der Waals surface area contributed by atoms with Gasteiger partial charge in [-0.15, -0.1) is 0 Å². The first kappa shape index (κ1) is 14.8. The van der Waals surface area contributed by atoms with E-state index in [9.17, 15) is 12.8 Å². The Balaban J connectivity index is 2.27. The van der Waals surface area contributed by atoms with Crippen LogP contribution in [0.2, 0.25) is 5.02 Å². The van der Waals surface area contributed by atoms with Gasteiger partial charge in [0.2, 0.25) is 10.0 Å². The second kappa shape index (κ2) is 5.39. The summed E-state index contributed by atoms with van der Waals surface area (Å²) in [6, 6.07) is 1.85. The molecule has 0 amide bonds. The highest BCUT2D eigenvalue weighted by Gasteiger charge is 2.20. The molecule has 0 saturated heterocycles. The number of aromatic nitrogens is 2. The van der Waals surface area contributed by atoms with E-state index in [1.165, 1.54) is 0 Å². The fourth-order valence-corrected chi connectivity index (χ4v) is 3.08. The first-order valence-corrected chi connectivity index (χ1v) is 7.38. The monoisotopic (exact) mass is 318 g/mol. The number of anilines is 1. The summed E-state index contributed by atoms with van der Waals surface area (Å²) < 4.78 is 41.4. The number of nitrogens with two attached hydrogens (primary N) is 1. The molecule has 0 aliphatic heterocycles. The van der Waals surface area contributed by atoms with Gasteiger partial charge in [-0.2, -0.15) is 0 Å². The Hall–Kier alpha value is -1.64. The summed E-state index contributed by atoms with van der Waals surface area (Å²) in [5, 5.41) is -0.232. The zero-order valence-electron chi connectivity index (χ0n) is 10.5. The minimum atomic E-state index is -3.90. The van der Waals surface area contributed by atoms with Crippen LogP contribution in [-0.2, 0) is 23.6 Å². The topological polar surface area (TPSA) is 90.0 Å². The average Bonchev–Trinajstić information content (AvgIpc) is 2.77. The molecule has 0 fully saturated rings. The van der Waals surface area contributed by atoms with Gasteiger partial charge in [0.25, 0.3) is 0 Å².